The first-order chi connectivity index (χ1) is 20.3. The summed E-state index contributed by atoms with van der Waals surface area (Å²) in [5, 5.41) is 12.9. The lowest BCUT2D eigenvalue weighted by atomic mass is 9.48. The van der Waals surface area contributed by atoms with Crippen molar-refractivity contribution in [1.29, 1.82) is 0 Å². The summed E-state index contributed by atoms with van der Waals surface area (Å²) >= 11 is 0. The highest BCUT2D eigenvalue weighted by atomic mass is 16.6. The number of likely N-dealkylation sites (tertiary alicyclic amines) is 1. The third kappa shape index (κ3) is 4.03. The maximum absolute atomic E-state index is 13.4. The average molecular weight is 569 g/mol. The summed E-state index contributed by atoms with van der Waals surface area (Å²) < 4.78 is 17.5. The number of furan rings is 1. The lowest BCUT2D eigenvalue weighted by Gasteiger charge is -2.64. The Kier molecular flexibility index (Phi) is 6.51. The van der Waals surface area contributed by atoms with E-state index in [-0.39, 0.29) is 18.0 Å². The van der Waals surface area contributed by atoms with Crippen LogP contribution in [0.1, 0.15) is 48.4 Å². The Morgan fingerprint density at radius 1 is 1.17 bits per heavy atom. The van der Waals surface area contributed by atoms with E-state index >= 15 is 0 Å². The van der Waals surface area contributed by atoms with Crippen molar-refractivity contribution in [1.82, 2.24) is 9.80 Å². The number of aliphatic hydroxyl groups is 1. The molecule has 2 bridgehead atoms. The molecule has 0 unspecified atom stereocenters. The molecule has 0 radical (unpaired) electrons. The zero-order chi connectivity index (χ0) is 29.1. The molecular formula is C34H36N2O6. The van der Waals surface area contributed by atoms with E-state index in [1.165, 1.54) is 12.5 Å². The minimum Gasteiger partial charge on any atom is -0.483 e. The molecule has 4 aliphatic rings. The Morgan fingerprint density at radius 3 is 2.76 bits per heavy atom. The van der Waals surface area contributed by atoms with Gasteiger partial charge in [-0.2, -0.15) is 0 Å². The number of hydrogen-bond acceptors (Lipinski definition) is 7. The molecule has 2 aliphatic carbocycles. The maximum Gasteiger partial charge on any atom is 0.308 e. The molecule has 8 nitrogen and oxygen atoms in total. The minimum absolute atomic E-state index is 0.0815. The third-order valence-corrected chi connectivity index (χ3v) is 10.1. The summed E-state index contributed by atoms with van der Waals surface area (Å²) in [6, 6.07) is 15.8. The van der Waals surface area contributed by atoms with E-state index in [4.69, 9.17) is 13.9 Å². The lowest BCUT2D eigenvalue weighted by molar-refractivity contribution is -0.199. The zero-order valence-electron chi connectivity index (χ0n) is 24.0. The third-order valence-electron chi connectivity index (χ3n) is 10.1. The molecule has 1 spiro atoms. The van der Waals surface area contributed by atoms with E-state index in [1.54, 1.807) is 35.6 Å². The molecular weight excluding hydrogens is 532 g/mol. The van der Waals surface area contributed by atoms with Crippen LogP contribution in [0.15, 0.2) is 71.6 Å². The number of carbonyl (C=O) groups excluding carboxylic acids is 2. The summed E-state index contributed by atoms with van der Waals surface area (Å²) in [6.45, 7) is 3.04. The first-order valence-corrected chi connectivity index (χ1v) is 14.8. The predicted molar refractivity (Wildman–Crippen MR) is 156 cm³/mol. The number of benzene rings is 2. The van der Waals surface area contributed by atoms with E-state index in [2.05, 4.69) is 29.2 Å². The maximum atomic E-state index is 13.4. The molecule has 7 rings (SSSR count). The summed E-state index contributed by atoms with van der Waals surface area (Å²) in [7, 11) is 1.81. The van der Waals surface area contributed by atoms with Crippen LogP contribution < -0.4 is 9.47 Å². The fraction of sp³-hybridized carbons (Fsp3) is 0.412. The highest BCUT2D eigenvalue weighted by Gasteiger charge is 2.73. The van der Waals surface area contributed by atoms with Gasteiger partial charge in [0, 0.05) is 43.8 Å². The fourth-order valence-electron chi connectivity index (χ4n) is 8.23. The largest absolute Gasteiger partial charge is 0.483 e. The first kappa shape index (κ1) is 27.0. The van der Waals surface area contributed by atoms with Crippen molar-refractivity contribution in [3.8, 4) is 11.5 Å². The van der Waals surface area contributed by atoms with Crippen LogP contribution in [-0.4, -0.2) is 70.7 Å². The van der Waals surface area contributed by atoms with Crippen LogP contribution in [0.25, 0.3) is 6.08 Å². The Hall–Kier alpha value is -3.88. The van der Waals surface area contributed by atoms with Gasteiger partial charge in [0.05, 0.1) is 29.6 Å². The quantitative estimate of drug-likeness (QED) is 0.260. The van der Waals surface area contributed by atoms with Crippen LogP contribution in [-0.2, 0) is 27.8 Å². The second-order valence-electron chi connectivity index (χ2n) is 12.1. The van der Waals surface area contributed by atoms with Gasteiger partial charge in [0.2, 0.25) is 5.91 Å². The number of rotatable bonds is 7. The van der Waals surface area contributed by atoms with Gasteiger partial charge in [-0.25, -0.2) is 0 Å². The van der Waals surface area contributed by atoms with Gasteiger partial charge in [-0.15, -0.1) is 0 Å². The first-order valence-electron chi connectivity index (χ1n) is 14.8. The van der Waals surface area contributed by atoms with Crippen molar-refractivity contribution in [3.05, 3.63) is 89.4 Å². The van der Waals surface area contributed by atoms with Crippen LogP contribution in [0, 0.1) is 0 Å². The molecule has 42 heavy (non-hydrogen) atoms. The van der Waals surface area contributed by atoms with Crippen molar-refractivity contribution in [2.24, 2.45) is 0 Å². The van der Waals surface area contributed by atoms with Crippen LogP contribution in [0.5, 0.6) is 11.5 Å². The molecule has 1 saturated carbocycles. The van der Waals surface area contributed by atoms with E-state index in [9.17, 15) is 14.7 Å². The Balaban J connectivity index is 1.26. The van der Waals surface area contributed by atoms with Gasteiger partial charge >= 0.3 is 5.97 Å². The SMILES string of the molecule is CC(=O)Oc1ccc2c3c1O[C@@H]1[C@H](N(C)C(=O)/C=C/c4ccoc4)CC[C@@]4(O)[C@@H](C2)N(CCc2ccccc2)CC[C@]314. The molecule has 1 saturated heterocycles. The number of ether oxygens (including phenoxy) is 2. The van der Waals surface area contributed by atoms with Gasteiger partial charge in [0.25, 0.3) is 0 Å². The van der Waals surface area contributed by atoms with Gasteiger partial charge in [0.15, 0.2) is 11.5 Å². The van der Waals surface area contributed by atoms with Gasteiger partial charge in [-0.05, 0) is 68.0 Å². The molecule has 3 heterocycles. The number of esters is 1. The van der Waals surface area contributed by atoms with Crippen molar-refractivity contribution < 1.29 is 28.6 Å². The topological polar surface area (TPSA) is 92.5 Å². The molecule has 1 N–H and O–H groups in total. The normalized spacial score (nSPS) is 29.2. The van der Waals surface area contributed by atoms with E-state index in [1.807, 2.05) is 25.2 Å². The molecule has 1 aromatic heterocycles. The van der Waals surface area contributed by atoms with E-state index in [0.717, 1.165) is 36.2 Å². The molecule has 2 fully saturated rings. The van der Waals surface area contributed by atoms with Gasteiger partial charge in [-0.1, -0.05) is 36.4 Å². The summed E-state index contributed by atoms with van der Waals surface area (Å²) in [5.41, 5.74) is 2.41. The minimum atomic E-state index is -1.05. The molecule has 5 atom stereocenters. The monoisotopic (exact) mass is 568 g/mol. The molecule has 2 aliphatic heterocycles. The van der Waals surface area contributed by atoms with Crippen molar-refractivity contribution in [2.75, 3.05) is 20.1 Å². The molecule has 8 heteroatoms. The lowest BCUT2D eigenvalue weighted by Crippen LogP contribution is -2.78. The highest BCUT2D eigenvalue weighted by molar-refractivity contribution is 5.92. The number of nitrogens with zero attached hydrogens (tertiary/aromatic N) is 2. The summed E-state index contributed by atoms with van der Waals surface area (Å²) in [4.78, 5) is 29.6. The van der Waals surface area contributed by atoms with Crippen LogP contribution in [0.3, 0.4) is 0 Å². The highest BCUT2D eigenvalue weighted by Crippen LogP contribution is 2.66. The van der Waals surface area contributed by atoms with Crippen LogP contribution >= 0.6 is 0 Å². The van der Waals surface area contributed by atoms with Crippen molar-refractivity contribution in [2.45, 2.75) is 68.2 Å². The molecule has 3 aromatic rings. The van der Waals surface area contributed by atoms with Crippen LogP contribution in [0.2, 0.25) is 0 Å². The smallest absolute Gasteiger partial charge is 0.308 e. The Labute approximate surface area is 245 Å². The second-order valence-corrected chi connectivity index (χ2v) is 12.1. The number of piperidine rings is 1. The predicted octanol–water partition coefficient (Wildman–Crippen LogP) is 4.14. The number of hydrogen-bond donors (Lipinski definition) is 1. The van der Waals surface area contributed by atoms with Gasteiger partial charge < -0.3 is 23.9 Å². The average Bonchev–Trinajstić information content (AvgIpc) is 3.62. The van der Waals surface area contributed by atoms with Gasteiger partial charge in [-0.3, -0.25) is 14.5 Å². The zero-order valence-corrected chi connectivity index (χ0v) is 24.0. The summed E-state index contributed by atoms with van der Waals surface area (Å²) in [5.74, 6) is 0.361. The molecule has 1 amide bonds. The molecule has 2 aromatic carbocycles. The fourth-order valence-corrected chi connectivity index (χ4v) is 8.23. The number of amides is 1. The Morgan fingerprint density at radius 2 is 2.00 bits per heavy atom. The molecule has 218 valence electrons. The van der Waals surface area contributed by atoms with Crippen molar-refractivity contribution >= 4 is 18.0 Å². The van der Waals surface area contributed by atoms with Crippen LogP contribution in [0.4, 0.5) is 0 Å². The van der Waals surface area contributed by atoms with Crippen molar-refractivity contribution in [3.63, 3.8) is 0 Å². The summed E-state index contributed by atoms with van der Waals surface area (Å²) in [6.07, 6.45) is 9.41. The van der Waals surface area contributed by atoms with E-state index < -0.39 is 23.1 Å². The second kappa shape index (κ2) is 10.1. The standard InChI is InChI=1S/C34H36N2O6/c1-22(37)41-27-10-9-25-20-28-34(39)15-12-26(35(2)29(38)11-8-24-14-19-40-21-24)32-33(34,30(25)31(27)42-32)16-18-36(28)17-13-23-6-4-3-5-7-23/h3-11,14,19,21,26,28,32,39H,12-13,15-18,20H2,1-2H3/b11-8+/t26-,28-,32-,33+,34-/m1/s1. The number of likely N-dealkylation sites (N-methyl/N-ethyl adjacent to an activating group) is 1. The van der Waals surface area contributed by atoms with E-state index in [0.29, 0.717) is 37.2 Å². The van der Waals surface area contributed by atoms with Gasteiger partial charge in [0.1, 0.15) is 6.10 Å². The Bertz CT molecular complexity index is 1530. The number of carbonyl (C=O) groups is 2.